The van der Waals surface area contributed by atoms with E-state index in [4.69, 9.17) is 21.4 Å². The smallest absolute Gasteiger partial charge is 0.221 e. The molecule has 1 aromatic carbocycles. The molecule has 6 heteroatoms. The minimum Gasteiger partial charge on any atom is -0.394 e. The lowest BCUT2D eigenvalue weighted by atomic mass is 10.3. The number of amides is 1. The minimum absolute atomic E-state index is 0.0856. The SMILES string of the molecule is COCC(CO)NC(=O)CCSc1ccc(Cl)cc1. The number of rotatable bonds is 8. The Labute approximate surface area is 122 Å². The molecule has 0 aliphatic rings. The monoisotopic (exact) mass is 303 g/mol. The molecule has 0 bridgehead atoms. The highest BCUT2D eigenvalue weighted by Crippen LogP contribution is 2.20. The van der Waals surface area contributed by atoms with Crippen LogP contribution in [0.2, 0.25) is 5.02 Å². The van der Waals surface area contributed by atoms with Crippen LogP contribution < -0.4 is 5.32 Å². The molecule has 0 aromatic heterocycles. The molecule has 1 aromatic rings. The van der Waals surface area contributed by atoms with Crippen LogP contribution in [0.3, 0.4) is 0 Å². The van der Waals surface area contributed by atoms with Gasteiger partial charge in [-0.2, -0.15) is 0 Å². The molecule has 1 atom stereocenters. The Morgan fingerprint density at radius 3 is 2.74 bits per heavy atom. The average Bonchev–Trinajstić information content (AvgIpc) is 2.40. The van der Waals surface area contributed by atoms with E-state index in [0.29, 0.717) is 23.8 Å². The Hall–Kier alpha value is -0.750. The van der Waals surface area contributed by atoms with Crippen molar-refractivity contribution in [1.82, 2.24) is 5.32 Å². The van der Waals surface area contributed by atoms with E-state index in [0.717, 1.165) is 4.90 Å². The van der Waals surface area contributed by atoms with Gasteiger partial charge in [0.15, 0.2) is 0 Å². The lowest BCUT2D eigenvalue weighted by molar-refractivity contribution is -0.122. The van der Waals surface area contributed by atoms with E-state index in [1.54, 1.807) is 11.8 Å². The Kier molecular flexibility index (Phi) is 7.90. The van der Waals surface area contributed by atoms with Crippen LogP contribution in [0.25, 0.3) is 0 Å². The molecular weight excluding hydrogens is 286 g/mol. The number of nitrogens with one attached hydrogen (secondary N) is 1. The summed E-state index contributed by atoms with van der Waals surface area (Å²) in [5.74, 6) is 0.594. The van der Waals surface area contributed by atoms with Gasteiger partial charge in [-0.25, -0.2) is 0 Å². The van der Waals surface area contributed by atoms with Crippen LogP contribution in [0, 0.1) is 0 Å². The number of hydrogen-bond donors (Lipinski definition) is 2. The lowest BCUT2D eigenvalue weighted by Crippen LogP contribution is -2.40. The van der Waals surface area contributed by atoms with Gasteiger partial charge in [0.2, 0.25) is 5.91 Å². The zero-order valence-electron chi connectivity index (χ0n) is 10.8. The fraction of sp³-hybridized carbons (Fsp3) is 0.462. The van der Waals surface area contributed by atoms with Gasteiger partial charge in [-0.3, -0.25) is 4.79 Å². The van der Waals surface area contributed by atoms with Gasteiger partial charge in [0, 0.05) is 29.2 Å². The molecule has 1 unspecified atom stereocenters. The zero-order chi connectivity index (χ0) is 14.1. The van der Waals surface area contributed by atoms with Crippen molar-refractivity contribution in [2.45, 2.75) is 17.4 Å². The van der Waals surface area contributed by atoms with Crippen molar-refractivity contribution in [3.63, 3.8) is 0 Å². The number of ether oxygens (including phenoxy) is 1. The molecule has 0 fully saturated rings. The highest BCUT2D eigenvalue weighted by molar-refractivity contribution is 7.99. The molecule has 4 nitrogen and oxygen atoms in total. The normalized spacial score (nSPS) is 12.2. The summed E-state index contributed by atoms with van der Waals surface area (Å²) >= 11 is 7.38. The topological polar surface area (TPSA) is 58.6 Å². The molecule has 0 saturated carbocycles. The molecule has 0 spiro atoms. The van der Waals surface area contributed by atoms with Crippen LogP contribution >= 0.6 is 23.4 Å². The second-order valence-electron chi connectivity index (χ2n) is 3.95. The summed E-state index contributed by atoms with van der Waals surface area (Å²) in [6, 6.07) is 7.16. The van der Waals surface area contributed by atoms with Crippen molar-refractivity contribution >= 4 is 29.3 Å². The molecule has 2 N–H and O–H groups in total. The van der Waals surface area contributed by atoms with Crippen LogP contribution in [-0.4, -0.2) is 43.1 Å². The molecular formula is C13H18ClNO3S. The third-order valence-electron chi connectivity index (χ3n) is 2.36. The fourth-order valence-electron chi connectivity index (χ4n) is 1.43. The molecule has 0 aliphatic carbocycles. The molecule has 1 rings (SSSR count). The highest BCUT2D eigenvalue weighted by atomic mass is 35.5. The number of thioether (sulfide) groups is 1. The predicted molar refractivity (Wildman–Crippen MR) is 77.7 cm³/mol. The van der Waals surface area contributed by atoms with Crippen LogP contribution in [-0.2, 0) is 9.53 Å². The van der Waals surface area contributed by atoms with E-state index in [1.165, 1.54) is 7.11 Å². The predicted octanol–water partition coefficient (Wildman–Crippen LogP) is 1.95. The number of halogens is 1. The number of carbonyl (C=O) groups excluding carboxylic acids is 1. The van der Waals surface area contributed by atoms with Gasteiger partial charge >= 0.3 is 0 Å². The Morgan fingerprint density at radius 1 is 1.47 bits per heavy atom. The van der Waals surface area contributed by atoms with E-state index in [1.807, 2.05) is 24.3 Å². The summed E-state index contributed by atoms with van der Waals surface area (Å²) in [5, 5.41) is 12.4. The quantitative estimate of drug-likeness (QED) is 0.721. The molecule has 1 amide bonds. The van der Waals surface area contributed by atoms with E-state index in [-0.39, 0.29) is 18.6 Å². The summed E-state index contributed by atoms with van der Waals surface area (Å²) in [6.45, 7) is 0.191. The van der Waals surface area contributed by atoms with Crippen molar-refractivity contribution in [3.05, 3.63) is 29.3 Å². The van der Waals surface area contributed by atoms with Crippen LogP contribution in [0.1, 0.15) is 6.42 Å². The van der Waals surface area contributed by atoms with E-state index >= 15 is 0 Å². The van der Waals surface area contributed by atoms with Crippen molar-refractivity contribution in [3.8, 4) is 0 Å². The number of aliphatic hydroxyl groups excluding tert-OH is 1. The number of methoxy groups -OCH3 is 1. The summed E-state index contributed by atoms with van der Waals surface area (Å²) < 4.78 is 4.89. The Morgan fingerprint density at radius 2 is 2.16 bits per heavy atom. The molecule has 106 valence electrons. The van der Waals surface area contributed by atoms with Gasteiger partial charge in [-0.15, -0.1) is 11.8 Å². The Balaban J connectivity index is 2.24. The summed E-state index contributed by atoms with van der Waals surface area (Å²) in [4.78, 5) is 12.7. The van der Waals surface area contributed by atoms with Crippen molar-refractivity contribution in [1.29, 1.82) is 0 Å². The van der Waals surface area contributed by atoms with E-state index in [9.17, 15) is 4.79 Å². The van der Waals surface area contributed by atoms with Gasteiger partial charge in [-0.1, -0.05) is 11.6 Å². The van der Waals surface area contributed by atoms with Gasteiger partial charge < -0.3 is 15.2 Å². The van der Waals surface area contributed by atoms with Gasteiger partial charge in [0.1, 0.15) is 0 Å². The molecule has 0 saturated heterocycles. The second kappa shape index (κ2) is 9.20. The van der Waals surface area contributed by atoms with Gasteiger partial charge in [-0.05, 0) is 24.3 Å². The first-order valence-corrected chi connectivity index (χ1v) is 7.29. The summed E-state index contributed by atoms with van der Waals surface area (Å²) in [7, 11) is 1.53. The lowest BCUT2D eigenvalue weighted by Gasteiger charge is -2.14. The third kappa shape index (κ3) is 6.82. The third-order valence-corrected chi connectivity index (χ3v) is 3.63. The second-order valence-corrected chi connectivity index (χ2v) is 5.56. The Bertz CT molecular complexity index is 386. The molecule has 0 heterocycles. The van der Waals surface area contributed by atoms with Crippen molar-refractivity contribution in [2.75, 3.05) is 26.1 Å². The first-order chi connectivity index (χ1) is 9.15. The highest BCUT2D eigenvalue weighted by Gasteiger charge is 2.10. The van der Waals surface area contributed by atoms with Crippen LogP contribution in [0.15, 0.2) is 29.2 Å². The molecule has 19 heavy (non-hydrogen) atoms. The van der Waals surface area contributed by atoms with Crippen molar-refractivity contribution < 1.29 is 14.6 Å². The number of benzene rings is 1. The zero-order valence-corrected chi connectivity index (χ0v) is 12.3. The summed E-state index contributed by atoms with van der Waals surface area (Å²) in [6.07, 6.45) is 0.396. The van der Waals surface area contributed by atoms with E-state index < -0.39 is 0 Å². The van der Waals surface area contributed by atoms with E-state index in [2.05, 4.69) is 5.32 Å². The molecule has 0 aliphatic heterocycles. The van der Waals surface area contributed by atoms with Gasteiger partial charge in [0.25, 0.3) is 0 Å². The fourth-order valence-corrected chi connectivity index (χ4v) is 2.41. The number of hydrogen-bond acceptors (Lipinski definition) is 4. The maximum atomic E-state index is 11.6. The van der Waals surface area contributed by atoms with Crippen LogP contribution in [0.5, 0.6) is 0 Å². The minimum atomic E-state index is -0.335. The number of carbonyl (C=O) groups is 1. The van der Waals surface area contributed by atoms with Gasteiger partial charge in [0.05, 0.1) is 19.3 Å². The first-order valence-electron chi connectivity index (χ1n) is 5.93. The van der Waals surface area contributed by atoms with Crippen LogP contribution in [0.4, 0.5) is 0 Å². The average molecular weight is 304 g/mol. The standard InChI is InChI=1S/C13H18ClNO3S/c1-18-9-11(8-16)15-13(17)6-7-19-12-4-2-10(14)3-5-12/h2-5,11,16H,6-9H2,1H3,(H,15,17). The maximum absolute atomic E-state index is 11.6. The molecule has 0 radical (unpaired) electrons. The first kappa shape index (κ1) is 16.3. The summed E-state index contributed by atoms with van der Waals surface area (Å²) in [5.41, 5.74) is 0. The largest absolute Gasteiger partial charge is 0.394 e. The van der Waals surface area contributed by atoms with Crippen molar-refractivity contribution in [2.24, 2.45) is 0 Å². The number of aliphatic hydroxyl groups is 1. The maximum Gasteiger partial charge on any atom is 0.221 e.